The van der Waals surface area contributed by atoms with Crippen molar-refractivity contribution in [2.24, 2.45) is 0 Å². The molecule has 4 rings (SSSR count). The largest absolute Gasteiger partial charge is 0.489 e. The third-order valence-electron chi connectivity index (χ3n) is 6.98. The van der Waals surface area contributed by atoms with Crippen molar-refractivity contribution in [1.82, 2.24) is 5.32 Å². The second kappa shape index (κ2) is 14.0. The van der Waals surface area contributed by atoms with Gasteiger partial charge in [-0.15, -0.1) is 0 Å². The zero-order valence-corrected chi connectivity index (χ0v) is 26.6. The van der Waals surface area contributed by atoms with Gasteiger partial charge in [-0.1, -0.05) is 54.6 Å². The summed E-state index contributed by atoms with van der Waals surface area (Å²) in [5.74, 6) is -0.259. The molecule has 2 amide bonds. The van der Waals surface area contributed by atoms with E-state index in [1.165, 1.54) is 11.1 Å². The molecule has 1 heterocycles. The third kappa shape index (κ3) is 9.86. The van der Waals surface area contributed by atoms with Crippen LogP contribution in [0.5, 0.6) is 5.75 Å². The number of hydrogen-bond donors (Lipinski definition) is 1. The summed E-state index contributed by atoms with van der Waals surface area (Å²) in [7, 11) is 0. The van der Waals surface area contributed by atoms with Crippen molar-refractivity contribution >= 4 is 23.7 Å². The van der Waals surface area contributed by atoms with Crippen LogP contribution in [-0.2, 0) is 44.9 Å². The number of nitrogens with zero attached hydrogens (tertiary/aromatic N) is 1. The van der Waals surface area contributed by atoms with Gasteiger partial charge in [-0.05, 0) is 101 Å². The molecule has 3 aromatic rings. The number of esters is 1. The lowest BCUT2D eigenvalue weighted by molar-refractivity contribution is -0.158. The summed E-state index contributed by atoms with van der Waals surface area (Å²) in [6, 6.07) is 23.5. The van der Waals surface area contributed by atoms with Crippen LogP contribution in [0.1, 0.15) is 70.2 Å². The molecule has 0 fully saturated rings. The number of alkyl carbamates (subject to hydrolysis) is 1. The predicted molar refractivity (Wildman–Crippen MR) is 171 cm³/mol. The van der Waals surface area contributed by atoms with Gasteiger partial charge in [0.2, 0.25) is 5.91 Å². The van der Waals surface area contributed by atoms with E-state index in [9.17, 15) is 14.4 Å². The van der Waals surface area contributed by atoms with E-state index in [0.29, 0.717) is 19.6 Å². The molecule has 1 aliphatic heterocycles. The van der Waals surface area contributed by atoms with Crippen molar-refractivity contribution in [2.75, 3.05) is 11.4 Å². The number of rotatable bonds is 10. The van der Waals surface area contributed by atoms with Gasteiger partial charge < -0.3 is 24.4 Å². The van der Waals surface area contributed by atoms with Gasteiger partial charge in [0.05, 0.1) is 6.42 Å². The fraction of sp³-hybridized carbons (Fsp3) is 0.417. The molecule has 0 radical (unpaired) electrons. The Bertz CT molecular complexity index is 1440. The topological polar surface area (TPSA) is 94.2 Å². The van der Waals surface area contributed by atoms with E-state index in [0.717, 1.165) is 35.4 Å². The highest BCUT2D eigenvalue weighted by molar-refractivity contribution is 5.98. The number of ether oxygens (including phenoxy) is 3. The number of fused-ring (bicyclic) bond motifs is 1. The monoisotopic (exact) mass is 600 g/mol. The van der Waals surface area contributed by atoms with Crippen LogP contribution in [-0.4, -0.2) is 41.8 Å². The van der Waals surface area contributed by atoms with Crippen molar-refractivity contribution in [3.8, 4) is 5.75 Å². The van der Waals surface area contributed by atoms with E-state index in [4.69, 9.17) is 14.2 Å². The van der Waals surface area contributed by atoms with Crippen molar-refractivity contribution in [3.63, 3.8) is 0 Å². The number of nitrogens with one attached hydrogen (secondary N) is 1. The highest BCUT2D eigenvalue weighted by atomic mass is 16.6. The molecular weight excluding hydrogens is 556 g/mol. The maximum Gasteiger partial charge on any atom is 0.408 e. The van der Waals surface area contributed by atoms with Gasteiger partial charge in [0.15, 0.2) is 0 Å². The van der Waals surface area contributed by atoms with Crippen molar-refractivity contribution in [3.05, 3.63) is 95.1 Å². The second-order valence-corrected chi connectivity index (χ2v) is 13.1. The summed E-state index contributed by atoms with van der Waals surface area (Å²) in [4.78, 5) is 40.4. The number of benzene rings is 3. The SMILES string of the molecule is CC(C)(C)OC(=O)N[C@H](CC(=O)N1CCc2cc(OCc3ccc(CCc4ccccc4)cc3)ccc21)C(=O)OC(C)(C)C. The molecule has 0 aromatic heterocycles. The molecule has 8 heteroatoms. The molecule has 0 bridgehead atoms. The maximum atomic E-state index is 13.4. The Kier molecular flexibility index (Phi) is 10.3. The van der Waals surface area contributed by atoms with Crippen molar-refractivity contribution < 1.29 is 28.6 Å². The molecule has 8 nitrogen and oxygen atoms in total. The van der Waals surface area contributed by atoms with Gasteiger partial charge >= 0.3 is 12.1 Å². The number of carbonyl (C=O) groups is 3. The van der Waals surface area contributed by atoms with Crippen LogP contribution in [0.2, 0.25) is 0 Å². The highest BCUT2D eigenvalue weighted by Crippen LogP contribution is 2.32. The second-order valence-electron chi connectivity index (χ2n) is 13.1. The molecule has 1 N–H and O–H groups in total. The molecule has 3 aromatic carbocycles. The molecule has 44 heavy (non-hydrogen) atoms. The summed E-state index contributed by atoms with van der Waals surface area (Å²) < 4.78 is 16.9. The zero-order valence-electron chi connectivity index (χ0n) is 26.6. The van der Waals surface area contributed by atoms with E-state index in [1.54, 1.807) is 46.4 Å². The smallest absolute Gasteiger partial charge is 0.408 e. The first kappa shape index (κ1) is 32.6. The standard InChI is InChI=1S/C36H44N2O6/c1-35(2,3)43-33(40)30(37-34(41)44-36(4,5)6)23-32(39)38-21-20-28-22-29(18-19-31(28)38)42-24-27-16-14-26(15-17-27)13-12-25-10-8-7-9-11-25/h7-11,14-19,22,30H,12-13,20-21,23-24H2,1-6H3,(H,37,41)/t30-/m1/s1. The highest BCUT2D eigenvalue weighted by Gasteiger charge is 2.34. The van der Waals surface area contributed by atoms with Gasteiger partial charge in [0.1, 0.15) is 29.6 Å². The Hall–Kier alpha value is -4.33. The molecular formula is C36H44N2O6. The first-order chi connectivity index (χ1) is 20.8. The fourth-order valence-corrected chi connectivity index (χ4v) is 4.93. The van der Waals surface area contributed by atoms with Gasteiger partial charge in [0, 0.05) is 12.2 Å². The number of aryl methyl sites for hydroxylation is 2. The Morgan fingerprint density at radius 1 is 0.795 bits per heavy atom. The van der Waals surface area contributed by atoms with Gasteiger partial charge in [0.25, 0.3) is 0 Å². The first-order valence-corrected chi connectivity index (χ1v) is 15.2. The van der Waals surface area contributed by atoms with Gasteiger partial charge in [-0.2, -0.15) is 0 Å². The number of carbonyl (C=O) groups excluding carboxylic acids is 3. The number of hydrogen-bond acceptors (Lipinski definition) is 6. The van der Waals surface area contributed by atoms with E-state index in [2.05, 4.69) is 53.8 Å². The minimum Gasteiger partial charge on any atom is -0.489 e. The Morgan fingerprint density at radius 3 is 2.05 bits per heavy atom. The molecule has 0 aliphatic carbocycles. The maximum absolute atomic E-state index is 13.4. The normalized spacial score (nSPS) is 13.5. The summed E-state index contributed by atoms with van der Waals surface area (Å²) >= 11 is 0. The summed E-state index contributed by atoms with van der Waals surface area (Å²) in [6.07, 6.45) is 1.61. The molecule has 1 atom stereocenters. The Balaban J connectivity index is 1.34. The van der Waals surface area contributed by atoms with Gasteiger partial charge in [-0.3, -0.25) is 4.79 Å². The Labute approximate surface area is 260 Å². The molecule has 234 valence electrons. The van der Waals surface area contributed by atoms with Crippen LogP contribution in [0, 0.1) is 0 Å². The summed E-state index contributed by atoms with van der Waals surface area (Å²) in [6.45, 7) is 11.3. The van der Waals surface area contributed by atoms with Crippen LogP contribution in [0.3, 0.4) is 0 Å². The van der Waals surface area contributed by atoms with Crippen LogP contribution in [0.15, 0.2) is 72.8 Å². The van der Waals surface area contributed by atoms with Crippen molar-refractivity contribution in [2.45, 2.75) is 91.1 Å². The van der Waals surface area contributed by atoms with Crippen LogP contribution in [0.4, 0.5) is 10.5 Å². The van der Waals surface area contributed by atoms with E-state index in [1.807, 2.05) is 24.3 Å². The predicted octanol–water partition coefficient (Wildman–Crippen LogP) is 6.57. The van der Waals surface area contributed by atoms with Crippen LogP contribution < -0.4 is 15.0 Å². The quantitative estimate of drug-likeness (QED) is 0.265. The molecule has 0 saturated heterocycles. The molecule has 0 saturated carbocycles. The summed E-state index contributed by atoms with van der Waals surface area (Å²) in [5.41, 5.74) is 3.91. The molecule has 0 unspecified atom stereocenters. The molecule has 1 aliphatic rings. The van der Waals surface area contributed by atoms with Crippen LogP contribution in [0.25, 0.3) is 0 Å². The third-order valence-corrected chi connectivity index (χ3v) is 6.98. The lowest BCUT2D eigenvalue weighted by Gasteiger charge is -2.27. The lowest BCUT2D eigenvalue weighted by Crippen LogP contribution is -2.48. The van der Waals surface area contributed by atoms with E-state index in [-0.39, 0.29) is 12.3 Å². The van der Waals surface area contributed by atoms with Gasteiger partial charge in [-0.25, -0.2) is 9.59 Å². The average molecular weight is 601 g/mol. The Morgan fingerprint density at radius 2 is 1.41 bits per heavy atom. The zero-order chi connectivity index (χ0) is 31.9. The number of anilines is 1. The number of amides is 2. The minimum absolute atomic E-state index is 0.257. The minimum atomic E-state index is -1.19. The van der Waals surface area contributed by atoms with Crippen LogP contribution >= 0.6 is 0 Å². The van der Waals surface area contributed by atoms with Crippen molar-refractivity contribution in [1.29, 1.82) is 0 Å². The summed E-state index contributed by atoms with van der Waals surface area (Å²) in [5, 5.41) is 2.53. The fourth-order valence-electron chi connectivity index (χ4n) is 4.93. The first-order valence-electron chi connectivity index (χ1n) is 15.2. The average Bonchev–Trinajstić information content (AvgIpc) is 3.37. The lowest BCUT2D eigenvalue weighted by atomic mass is 10.0. The van der Waals surface area contributed by atoms with E-state index < -0.39 is 29.3 Å². The molecule has 0 spiro atoms. The van der Waals surface area contributed by atoms with E-state index >= 15 is 0 Å².